The molecule has 0 atom stereocenters. The summed E-state index contributed by atoms with van der Waals surface area (Å²) in [4.78, 5) is 3.88. The Morgan fingerprint density at radius 2 is 2.00 bits per heavy atom. The van der Waals surface area contributed by atoms with Crippen LogP contribution in [0.4, 0.5) is 0 Å². The van der Waals surface area contributed by atoms with Crippen LogP contribution in [0.1, 0.15) is 20.3 Å². The molecule has 0 aliphatic heterocycles. The Morgan fingerprint density at radius 1 is 1.36 bits per heavy atom. The zero-order valence-corrected chi connectivity index (χ0v) is 7.37. The van der Waals surface area contributed by atoms with E-state index >= 15 is 0 Å². The van der Waals surface area contributed by atoms with Gasteiger partial charge >= 0.3 is 0 Å². The topological polar surface area (TPSA) is 22.1 Å². The van der Waals surface area contributed by atoms with E-state index in [1.807, 2.05) is 12.1 Å². The molecule has 0 N–H and O–H groups in total. The molecule has 0 fully saturated rings. The van der Waals surface area contributed by atoms with Crippen LogP contribution in [-0.2, 0) is 0 Å². The lowest BCUT2D eigenvalue weighted by Crippen LogP contribution is -1.83. The van der Waals surface area contributed by atoms with Crippen LogP contribution in [0.2, 0.25) is 0 Å². The van der Waals surface area contributed by atoms with Crippen molar-refractivity contribution in [2.24, 2.45) is 0 Å². The summed E-state index contributed by atoms with van der Waals surface area (Å²) in [5.41, 5.74) is 0. The molecule has 62 valence electrons. The van der Waals surface area contributed by atoms with Crippen molar-refractivity contribution in [2.45, 2.75) is 20.3 Å². The quantitative estimate of drug-likeness (QED) is 0.618. The van der Waals surface area contributed by atoms with Crippen molar-refractivity contribution in [1.29, 1.82) is 0 Å². The second kappa shape index (κ2) is 7.06. The number of rotatable bonds is 1. The molecule has 2 heteroatoms. The molecule has 0 aliphatic carbocycles. The SMILES string of the molecule is CCC.COc1ccccn1. The summed E-state index contributed by atoms with van der Waals surface area (Å²) < 4.78 is 4.80. The third-order valence-corrected chi connectivity index (χ3v) is 0.847. The molecule has 1 aromatic rings. The number of hydrogen-bond donors (Lipinski definition) is 0. The van der Waals surface area contributed by atoms with E-state index in [2.05, 4.69) is 18.8 Å². The minimum Gasteiger partial charge on any atom is -0.481 e. The lowest BCUT2D eigenvalue weighted by Gasteiger charge is -1.92. The molecule has 0 aliphatic rings. The average Bonchev–Trinajstić information content (AvgIpc) is 2.08. The highest BCUT2D eigenvalue weighted by Gasteiger charge is 1.82. The first-order valence-electron chi connectivity index (χ1n) is 3.80. The van der Waals surface area contributed by atoms with Crippen LogP contribution < -0.4 is 4.74 Å². The van der Waals surface area contributed by atoms with E-state index in [-0.39, 0.29) is 0 Å². The normalized spacial score (nSPS) is 7.91. The van der Waals surface area contributed by atoms with Crippen molar-refractivity contribution in [3.05, 3.63) is 24.4 Å². The summed E-state index contributed by atoms with van der Waals surface area (Å²) in [6.45, 7) is 4.25. The van der Waals surface area contributed by atoms with Gasteiger partial charge in [-0.1, -0.05) is 26.3 Å². The fourth-order valence-electron chi connectivity index (χ4n) is 0.468. The monoisotopic (exact) mass is 153 g/mol. The van der Waals surface area contributed by atoms with Crippen LogP contribution >= 0.6 is 0 Å². The Balaban J connectivity index is 0.000000292. The maximum absolute atomic E-state index is 4.80. The third kappa shape index (κ3) is 5.40. The van der Waals surface area contributed by atoms with Gasteiger partial charge in [0.15, 0.2) is 0 Å². The molecule has 0 unspecified atom stereocenters. The predicted molar refractivity (Wildman–Crippen MR) is 46.8 cm³/mol. The van der Waals surface area contributed by atoms with Crippen molar-refractivity contribution in [2.75, 3.05) is 7.11 Å². The van der Waals surface area contributed by atoms with Gasteiger partial charge in [-0.2, -0.15) is 0 Å². The number of hydrogen-bond acceptors (Lipinski definition) is 2. The summed E-state index contributed by atoms with van der Waals surface area (Å²) in [6, 6.07) is 5.54. The van der Waals surface area contributed by atoms with Gasteiger partial charge in [0.1, 0.15) is 0 Å². The highest BCUT2D eigenvalue weighted by molar-refractivity contribution is 5.08. The first-order valence-corrected chi connectivity index (χ1v) is 3.80. The maximum atomic E-state index is 4.80. The van der Waals surface area contributed by atoms with Gasteiger partial charge in [-0.3, -0.25) is 0 Å². The van der Waals surface area contributed by atoms with Crippen LogP contribution in [-0.4, -0.2) is 12.1 Å². The van der Waals surface area contributed by atoms with E-state index in [4.69, 9.17) is 4.74 Å². The average molecular weight is 153 g/mol. The van der Waals surface area contributed by atoms with Crippen LogP contribution in [0.5, 0.6) is 5.88 Å². The van der Waals surface area contributed by atoms with Crippen LogP contribution in [0.15, 0.2) is 24.4 Å². The Morgan fingerprint density at radius 3 is 2.27 bits per heavy atom. The molecule has 0 saturated carbocycles. The highest BCUT2D eigenvalue weighted by Crippen LogP contribution is 1.99. The molecule has 0 aromatic carbocycles. The van der Waals surface area contributed by atoms with Crippen molar-refractivity contribution < 1.29 is 4.74 Å². The summed E-state index contributed by atoms with van der Waals surface area (Å²) >= 11 is 0. The second-order valence-corrected chi connectivity index (χ2v) is 2.08. The van der Waals surface area contributed by atoms with E-state index in [1.54, 1.807) is 19.4 Å². The maximum Gasteiger partial charge on any atom is 0.212 e. The Labute approximate surface area is 68.2 Å². The van der Waals surface area contributed by atoms with Gasteiger partial charge in [0.2, 0.25) is 5.88 Å². The zero-order chi connectivity index (χ0) is 8.53. The number of nitrogens with zero attached hydrogens (tertiary/aromatic N) is 1. The summed E-state index contributed by atoms with van der Waals surface area (Å²) in [5.74, 6) is 0.660. The first-order chi connectivity index (χ1) is 5.35. The molecule has 0 amide bonds. The molecule has 0 radical (unpaired) electrons. The van der Waals surface area contributed by atoms with E-state index in [0.29, 0.717) is 5.88 Å². The van der Waals surface area contributed by atoms with Crippen molar-refractivity contribution >= 4 is 0 Å². The summed E-state index contributed by atoms with van der Waals surface area (Å²) in [7, 11) is 1.60. The third-order valence-electron chi connectivity index (χ3n) is 0.847. The molecule has 2 nitrogen and oxygen atoms in total. The second-order valence-electron chi connectivity index (χ2n) is 2.08. The Kier molecular flexibility index (Phi) is 6.39. The van der Waals surface area contributed by atoms with Gasteiger partial charge < -0.3 is 4.74 Å². The largest absolute Gasteiger partial charge is 0.481 e. The van der Waals surface area contributed by atoms with Crippen LogP contribution in [0.3, 0.4) is 0 Å². The van der Waals surface area contributed by atoms with Gasteiger partial charge in [-0.15, -0.1) is 0 Å². The van der Waals surface area contributed by atoms with E-state index in [0.717, 1.165) is 0 Å². The zero-order valence-electron chi connectivity index (χ0n) is 7.37. The number of methoxy groups -OCH3 is 1. The van der Waals surface area contributed by atoms with Gasteiger partial charge in [-0.25, -0.2) is 4.98 Å². The van der Waals surface area contributed by atoms with Gasteiger partial charge in [0.25, 0.3) is 0 Å². The molecule has 0 saturated heterocycles. The highest BCUT2D eigenvalue weighted by atomic mass is 16.5. The minimum absolute atomic E-state index is 0.660. The molecular formula is C9H15NO. The lowest BCUT2D eigenvalue weighted by molar-refractivity contribution is 0.398. The first kappa shape index (κ1) is 9.95. The summed E-state index contributed by atoms with van der Waals surface area (Å²) in [6.07, 6.45) is 2.94. The van der Waals surface area contributed by atoms with Gasteiger partial charge in [0, 0.05) is 12.3 Å². The molecule has 0 spiro atoms. The Bertz CT molecular complexity index is 162. The number of aromatic nitrogens is 1. The fourth-order valence-corrected chi connectivity index (χ4v) is 0.468. The number of pyridine rings is 1. The minimum atomic E-state index is 0.660. The molecule has 11 heavy (non-hydrogen) atoms. The van der Waals surface area contributed by atoms with E-state index in [1.165, 1.54) is 6.42 Å². The molecule has 1 heterocycles. The fraction of sp³-hybridized carbons (Fsp3) is 0.444. The van der Waals surface area contributed by atoms with E-state index < -0.39 is 0 Å². The van der Waals surface area contributed by atoms with Crippen LogP contribution in [0.25, 0.3) is 0 Å². The smallest absolute Gasteiger partial charge is 0.212 e. The number of ether oxygens (including phenoxy) is 1. The molecule has 1 aromatic heterocycles. The summed E-state index contributed by atoms with van der Waals surface area (Å²) in [5, 5.41) is 0. The molecule has 1 rings (SSSR count). The van der Waals surface area contributed by atoms with Crippen molar-refractivity contribution in [3.63, 3.8) is 0 Å². The molecular weight excluding hydrogens is 138 g/mol. The van der Waals surface area contributed by atoms with Gasteiger partial charge in [0.05, 0.1) is 7.11 Å². The van der Waals surface area contributed by atoms with Crippen molar-refractivity contribution in [1.82, 2.24) is 4.98 Å². The standard InChI is InChI=1S/C6H7NO.C3H8/c1-8-6-4-2-3-5-7-6;1-3-2/h2-5H,1H3;3H2,1-2H3. The van der Waals surface area contributed by atoms with Crippen LogP contribution in [0, 0.1) is 0 Å². The molecule has 0 bridgehead atoms. The predicted octanol–water partition coefficient (Wildman–Crippen LogP) is 2.51. The Hall–Kier alpha value is -1.05. The van der Waals surface area contributed by atoms with Crippen molar-refractivity contribution in [3.8, 4) is 5.88 Å². The van der Waals surface area contributed by atoms with Gasteiger partial charge in [-0.05, 0) is 6.07 Å². The lowest BCUT2D eigenvalue weighted by atomic mass is 10.5. The van der Waals surface area contributed by atoms with E-state index in [9.17, 15) is 0 Å².